The van der Waals surface area contributed by atoms with Crippen molar-refractivity contribution in [3.63, 3.8) is 0 Å². The average molecular weight is 201 g/mol. The summed E-state index contributed by atoms with van der Waals surface area (Å²) in [5.74, 6) is 0.682. The third-order valence-electron chi connectivity index (χ3n) is 2.45. The van der Waals surface area contributed by atoms with Crippen LogP contribution in [0.4, 0.5) is 0 Å². The molecule has 0 aliphatic carbocycles. The number of aliphatic imine (C=N–C) groups is 1. The normalized spacial score (nSPS) is 19.2. The van der Waals surface area contributed by atoms with Crippen molar-refractivity contribution in [3.05, 3.63) is 0 Å². The fraction of sp³-hybridized carbons (Fsp3) is 0.900. The second kappa shape index (κ2) is 5.32. The van der Waals surface area contributed by atoms with Gasteiger partial charge in [-0.25, -0.2) is 4.99 Å². The fourth-order valence-corrected chi connectivity index (χ4v) is 1.41. The number of ether oxygens (including phenoxy) is 1. The molecular formula is C10H19NO3. The van der Waals surface area contributed by atoms with E-state index in [0.29, 0.717) is 12.5 Å². The molecule has 0 aromatic rings. The average Bonchev–Trinajstić information content (AvgIpc) is 2.63. The third kappa shape index (κ3) is 2.69. The molecule has 0 aromatic carbocycles. The molecule has 0 bridgehead atoms. The van der Waals surface area contributed by atoms with Crippen LogP contribution in [0.25, 0.3) is 0 Å². The Morgan fingerprint density at radius 1 is 1.36 bits per heavy atom. The maximum atomic E-state index is 9.06. The Morgan fingerprint density at radius 2 is 2.07 bits per heavy atom. The van der Waals surface area contributed by atoms with Crippen LogP contribution in [0, 0.1) is 0 Å². The van der Waals surface area contributed by atoms with Gasteiger partial charge in [0.25, 0.3) is 0 Å². The summed E-state index contributed by atoms with van der Waals surface area (Å²) in [5.41, 5.74) is -0.776. The minimum absolute atomic E-state index is 0.152. The van der Waals surface area contributed by atoms with E-state index >= 15 is 0 Å². The number of rotatable bonds is 6. The largest absolute Gasteiger partial charge is 0.478 e. The third-order valence-corrected chi connectivity index (χ3v) is 2.45. The zero-order valence-corrected chi connectivity index (χ0v) is 8.70. The lowest BCUT2D eigenvalue weighted by Crippen LogP contribution is -2.37. The quantitative estimate of drug-likeness (QED) is 0.622. The number of hydrogen-bond acceptors (Lipinski definition) is 4. The van der Waals surface area contributed by atoms with Gasteiger partial charge in [-0.15, -0.1) is 0 Å². The topological polar surface area (TPSA) is 62.1 Å². The Morgan fingerprint density at radius 3 is 2.57 bits per heavy atom. The zero-order valence-electron chi connectivity index (χ0n) is 8.70. The van der Waals surface area contributed by atoms with Crippen LogP contribution in [-0.2, 0) is 4.74 Å². The van der Waals surface area contributed by atoms with Crippen molar-refractivity contribution in [2.75, 3.05) is 19.8 Å². The molecule has 0 fully saturated rings. The second-order valence-electron chi connectivity index (χ2n) is 3.79. The molecule has 82 valence electrons. The molecule has 0 atom stereocenters. The summed E-state index contributed by atoms with van der Waals surface area (Å²) in [7, 11) is 0. The highest BCUT2D eigenvalue weighted by Crippen LogP contribution is 2.20. The zero-order chi connectivity index (χ0) is 10.4. The van der Waals surface area contributed by atoms with Gasteiger partial charge in [-0.05, 0) is 6.42 Å². The lowest BCUT2D eigenvalue weighted by Gasteiger charge is -2.16. The highest BCUT2D eigenvalue weighted by Gasteiger charge is 2.35. The van der Waals surface area contributed by atoms with Crippen molar-refractivity contribution in [3.8, 4) is 0 Å². The van der Waals surface area contributed by atoms with Gasteiger partial charge in [-0.2, -0.15) is 0 Å². The molecule has 4 nitrogen and oxygen atoms in total. The van der Waals surface area contributed by atoms with Crippen LogP contribution in [0.15, 0.2) is 4.99 Å². The van der Waals surface area contributed by atoms with Gasteiger partial charge in [0.2, 0.25) is 0 Å². The Kier molecular flexibility index (Phi) is 4.35. The van der Waals surface area contributed by atoms with Gasteiger partial charge in [0.05, 0.1) is 13.2 Å². The number of nitrogens with zero attached hydrogens (tertiary/aromatic N) is 1. The van der Waals surface area contributed by atoms with E-state index in [1.807, 2.05) is 0 Å². The smallest absolute Gasteiger partial charge is 0.184 e. The van der Waals surface area contributed by atoms with Gasteiger partial charge < -0.3 is 14.9 Å². The molecule has 0 amide bonds. The predicted molar refractivity (Wildman–Crippen MR) is 54.4 cm³/mol. The minimum Gasteiger partial charge on any atom is -0.478 e. The van der Waals surface area contributed by atoms with Crippen molar-refractivity contribution >= 4 is 5.90 Å². The van der Waals surface area contributed by atoms with Crippen LogP contribution in [0.2, 0.25) is 0 Å². The van der Waals surface area contributed by atoms with E-state index in [1.54, 1.807) is 0 Å². The molecule has 0 spiro atoms. The molecule has 2 N–H and O–H groups in total. The van der Waals surface area contributed by atoms with Crippen LogP contribution in [0.3, 0.4) is 0 Å². The number of unbranched alkanes of at least 4 members (excludes halogenated alkanes) is 2. The van der Waals surface area contributed by atoms with Gasteiger partial charge in [0.15, 0.2) is 5.90 Å². The molecule has 0 radical (unpaired) electrons. The molecule has 1 rings (SSSR count). The van der Waals surface area contributed by atoms with E-state index in [1.165, 1.54) is 6.42 Å². The maximum absolute atomic E-state index is 9.06. The van der Waals surface area contributed by atoms with Gasteiger partial charge in [-0.1, -0.05) is 19.8 Å². The molecule has 0 unspecified atom stereocenters. The van der Waals surface area contributed by atoms with Gasteiger partial charge in [0.1, 0.15) is 12.1 Å². The Bertz CT molecular complexity index is 200. The minimum atomic E-state index is -0.776. The summed E-state index contributed by atoms with van der Waals surface area (Å²) in [6, 6.07) is 0. The van der Waals surface area contributed by atoms with E-state index in [-0.39, 0.29) is 13.2 Å². The van der Waals surface area contributed by atoms with Crippen LogP contribution in [0.5, 0.6) is 0 Å². The predicted octanol–water partition coefficient (Wildman–Crippen LogP) is 0.719. The van der Waals surface area contributed by atoms with Crippen LogP contribution in [0.1, 0.15) is 32.6 Å². The van der Waals surface area contributed by atoms with Crippen molar-refractivity contribution in [2.24, 2.45) is 4.99 Å². The summed E-state index contributed by atoms with van der Waals surface area (Å²) >= 11 is 0. The summed E-state index contributed by atoms with van der Waals surface area (Å²) in [6.07, 6.45) is 4.20. The van der Waals surface area contributed by atoms with E-state index in [2.05, 4.69) is 11.9 Å². The first-order valence-electron chi connectivity index (χ1n) is 5.19. The molecule has 4 heteroatoms. The van der Waals surface area contributed by atoms with Gasteiger partial charge in [-0.3, -0.25) is 0 Å². The standard InChI is InChI=1S/C10H19NO3/c1-2-3-4-5-9-11-10(6-12,7-13)8-14-9/h12-13H,2-8H2,1H3. The van der Waals surface area contributed by atoms with Crippen molar-refractivity contribution in [1.29, 1.82) is 0 Å². The summed E-state index contributed by atoms with van der Waals surface area (Å²) in [5, 5.41) is 18.1. The molecule has 14 heavy (non-hydrogen) atoms. The van der Waals surface area contributed by atoms with Gasteiger partial charge >= 0.3 is 0 Å². The Balaban J connectivity index is 2.40. The molecular weight excluding hydrogens is 182 g/mol. The van der Waals surface area contributed by atoms with Crippen molar-refractivity contribution in [1.82, 2.24) is 0 Å². The Labute approximate surface area is 84.6 Å². The highest BCUT2D eigenvalue weighted by atomic mass is 16.5. The second-order valence-corrected chi connectivity index (χ2v) is 3.79. The van der Waals surface area contributed by atoms with Crippen molar-refractivity contribution in [2.45, 2.75) is 38.1 Å². The fourth-order valence-electron chi connectivity index (χ4n) is 1.41. The van der Waals surface area contributed by atoms with Crippen molar-refractivity contribution < 1.29 is 14.9 Å². The van der Waals surface area contributed by atoms with E-state index in [9.17, 15) is 0 Å². The summed E-state index contributed by atoms with van der Waals surface area (Å²) < 4.78 is 5.33. The monoisotopic (exact) mass is 201 g/mol. The van der Waals surface area contributed by atoms with E-state index in [0.717, 1.165) is 19.3 Å². The SMILES string of the molecule is CCCCCC1=NC(CO)(CO)CO1. The molecule has 1 aliphatic rings. The summed E-state index contributed by atoms with van der Waals surface area (Å²) in [4.78, 5) is 4.22. The van der Waals surface area contributed by atoms with Gasteiger partial charge in [0, 0.05) is 6.42 Å². The van der Waals surface area contributed by atoms with E-state index < -0.39 is 5.54 Å². The van der Waals surface area contributed by atoms with Crippen LogP contribution >= 0.6 is 0 Å². The number of hydrogen-bond donors (Lipinski definition) is 2. The molecule has 1 aliphatic heterocycles. The van der Waals surface area contributed by atoms with E-state index in [4.69, 9.17) is 14.9 Å². The molecule has 1 heterocycles. The molecule has 0 aromatic heterocycles. The molecule has 0 saturated heterocycles. The lowest BCUT2D eigenvalue weighted by molar-refractivity contribution is 0.0972. The first-order valence-corrected chi connectivity index (χ1v) is 5.19. The first kappa shape index (κ1) is 11.5. The molecule has 0 saturated carbocycles. The van der Waals surface area contributed by atoms with Crippen LogP contribution in [-0.4, -0.2) is 41.5 Å². The maximum Gasteiger partial charge on any atom is 0.184 e. The number of aliphatic hydroxyl groups is 2. The summed E-state index contributed by atoms with van der Waals surface area (Å²) in [6.45, 7) is 2.14. The number of aliphatic hydroxyl groups excluding tert-OH is 2. The van der Waals surface area contributed by atoms with Crippen LogP contribution < -0.4 is 0 Å². The lowest BCUT2D eigenvalue weighted by atomic mass is 10.1. The first-order chi connectivity index (χ1) is 6.76. The Hall–Kier alpha value is -0.610. The highest BCUT2D eigenvalue weighted by molar-refractivity contribution is 5.78.